The maximum Gasteiger partial charge on any atom is 0.227 e. The molecule has 0 saturated heterocycles. The molecular weight excluding hydrogens is 376 g/mol. The van der Waals surface area contributed by atoms with E-state index < -0.39 is 0 Å². The molecule has 148 valence electrons. The minimum atomic E-state index is -0.103. The zero-order valence-corrected chi connectivity index (χ0v) is 17.0. The van der Waals surface area contributed by atoms with E-state index in [1.54, 1.807) is 19.4 Å². The number of methoxy groups -OCH3 is 1. The van der Waals surface area contributed by atoms with E-state index >= 15 is 0 Å². The first-order chi connectivity index (χ1) is 13.5. The number of aromatic nitrogens is 5. The van der Waals surface area contributed by atoms with Crippen LogP contribution in [0.25, 0.3) is 11.4 Å². The summed E-state index contributed by atoms with van der Waals surface area (Å²) in [5.41, 5.74) is 0.892. The lowest BCUT2D eigenvalue weighted by Crippen LogP contribution is -2.19. The first-order valence-corrected chi connectivity index (χ1v) is 9.57. The molecule has 3 rings (SSSR count). The molecule has 0 spiro atoms. The van der Waals surface area contributed by atoms with Crippen molar-refractivity contribution in [1.82, 2.24) is 24.5 Å². The van der Waals surface area contributed by atoms with Gasteiger partial charge in [-0.3, -0.25) is 14.5 Å². The van der Waals surface area contributed by atoms with Crippen molar-refractivity contribution in [3.8, 4) is 17.1 Å². The molecule has 0 bridgehead atoms. The molecule has 3 aromatic rings. The quantitative estimate of drug-likeness (QED) is 0.561. The molecule has 0 fully saturated rings. The second kappa shape index (κ2) is 8.83. The van der Waals surface area contributed by atoms with E-state index in [0.717, 1.165) is 17.7 Å². The maximum atomic E-state index is 12.5. The standard InChI is InChI=1S/C19H24N6O2S/c1-4-13(2)25-16(9-11-20-25)21-17(26)10-12-24-18(22-23-19(24)28)14-5-7-15(27-3)8-6-14/h5-9,11,13H,4,10,12H2,1-3H3,(H,21,26)(H,23,28). The summed E-state index contributed by atoms with van der Waals surface area (Å²) in [6.45, 7) is 4.56. The van der Waals surface area contributed by atoms with Gasteiger partial charge in [-0.05, 0) is 49.8 Å². The fourth-order valence-corrected chi connectivity index (χ4v) is 3.07. The minimum Gasteiger partial charge on any atom is -0.497 e. The van der Waals surface area contributed by atoms with Gasteiger partial charge in [-0.2, -0.15) is 10.2 Å². The van der Waals surface area contributed by atoms with Crippen LogP contribution in [0.1, 0.15) is 32.7 Å². The number of anilines is 1. The van der Waals surface area contributed by atoms with Crippen molar-refractivity contribution in [2.24, 2.45) is 0 Å². The van der Waals surface area contributed by atoms with Gasteiger partial charge in [-0.1, -0.05) is 6.92 Å². The molecule has 1 unspecified atom stereocenters. The van der Waals surface area contributed by atoms with Crippen LogP contribution >= 0.6 is 12.2 Å². The third-order valence-electron chi connectivity index (χ3n) is 4.62. The minimum absolute atomic E-state index is 0.103. The van der Waals surface area contributed by atoms with Gasteiger partial charge in [-0.25, -0.2) is 4.68 Å². The smallest absolute Gasteiger partial charge is 0.227 e. The Kier molecular flexibility index (Phi) is 6.25. The number of ether oxygens (including phenoxy) is 1. The van der Waals surface area contributed by atoms with E-state index in [2.05, 4.69) is 34.5 Å². The van der Waals surface area contributed by atoms with Crippen LogP contribution in [-0.4, -0.2) is 37.6 Å². The monoisotopic (exact) mass is 400 g/mol. The molecule has 2 N–H and O–H groups in total. The number of nitrogens with one attached hydrogen (secondary N) is 2. The third kappa shape index (κ3) is 4.30. The molecule has 2 heterocycles. The fraction of sp³-hybridized carbons (Fsp3) is 0.368. The summed E-state index contributed by atoms with van der Waals surface area (Å²) in [7, 11) is 1.62. The third-order valence-corrected chi connectivity index (χ3v) is 4.93. The first kappa shape index (κ1) is 19.8. The van der Waals surface area contributed by atoms with E-state index in [9.17, 15) is 4.79 Å². The zero-order chi connectivity index (χ0) is 20.1. The molecule has 9 heteroatoms. The van der Waals surface area contributed by atoms with Gasteiger partial charge in [0.15, 0.2) is 10.6 Å². The van der Waals surface area contributed by atoms with Gasteiger partial charge in [0, 0.05) is 24.6 Å². The highest BCUT2D eigenvalue weighted by Crippen LogP contribution is 2.21. The molecule has 1 aromatic carbocycles. The molecule has 1 amide bonds. The predicted molar refractivity (Wildman–Crippen MR) is 110 cm³/mol. The number of rotatable bonds is 8. The van der Waals surface area contributed by atoms with Crippen molar-refractivity contribution >= 4 is 23.9 Å². The lowest BCUT2D eigenvalue weighted by molar-refractivity contribution is -0.116. The molecule has 0 radical (unpaired) electrons. The average molecular weight is 401 g/mol. The summed E-state index contributed by atoms with van der Waals surface area (Å²) in [6.07, 6.45) is 2.89. The van der Waals surface area contributed by atoms with Crippen molar-refractivity contribution in [2.75, 3.05) is 12.4 Å². The lowest BCUT2D eigenvalue weighted by atomic mass is 10.2. The van der Waals surface area contributed by atoms with Crippen LogP contribution in [0, 0.1) is 4.77 Å². The second-order valence-corrected chi connectivity index (χ2v) is 6.84. The van der Waals surface area contributed by atoms with Gasteiger partial charge in [0.2, 0.25) is 5.91 Å². The van der Waals surface area contributed by atoms with Crippen LogP contribution in [0.15, 0.2) is 36.5 Å². The molecule has 0 saturated carbocycles. The average Bonchev–Trinajstić information content (AvgIpc) is 3.32. The topological polar surface area (TPSA) is 89.8 Å². The molecule has 0 aliphatic carbocycles. The van der Waals surface area contributed by atoms with Crippen molar-refractivity contribution in [3.63, 3.8) is 0 Å². The highest BCUT2D eigenvalue weighted by molar-refractivity contribution is 7.71. The Morgan fingerprint density at radius 3 is 2.75 bits per heavy atom. The number of aromatic amines is 1. The van der Waals surface area contributed by atoms with Gasteiger partial charge in [0.1, 0.15) is 11.6 Å². The van der Waals surface area contributed by atoms with Crippen molar-refractivity contribution < 1.29 is 9.53 Å². The number of benzene rings is 1. The highest BCUT2D eigenvalue weighted by atomic mass is 32.1. The molecule has 0 aliphatic rings. The molecule has 1 atom stereocenters. The van der Waals surface area contributed by atoms with Gasteiger partial charge >= 0.3 is 0 Å². The van der Waals surface area contributed by atoms with Crippen LogP contribution in [0.3, 0.4) is 0 Å². The van der Waals surface area contributed by atoms with Crippen LogP contribution in [0.2, 0.25) is 0 Å². The Bertz CT molecular complexity index is 989. The number of nitrogens with zero attached hydrogens (tertiary/aromatic N) is 4. The normalized spacial score (nSPS) is 12.0. The van der Waals surface area contributed by atoms with Crippen LogP contribution < -0.4 is 10.1 Å². The van der Waals surface area contributed by atoms with Crippen molar-refractivity contribution in [1.29, 1.82) is 0 Å². The molecule has 2 aromatic heterocycles. The summed E-state index contributed by atoms with van der Waals surface area (Å²) in [5.74, 6) is 2.05. The Morgan fingerprint density at radius 1 is 1.32 bits per heavy atom. The Balaban J connectivity index is 1.69. The van der Waals surface area contributed by atoms with Gasteiger partial charge in [0.25, 0.3) is 0 Å². The summed E-state index contributed by atoms with van der Waals surface area (Å²) in [6, 6.07) is 9.56. The number of carbonyl (C=O) groups excluding carboxylic acids is 1. The van der Waals surface area contributed by atoms with Crippen molar-refractivity contribution in [3.05, 3.63) is 41.3 Å². The first-order valence-electron chi connectivity index (χ1n) is 9.16. The second-order valence-electron chi connectivity index (χ2n) is 6.45. The van der Waals surface area contributed by atoms with E-state index in [1.165, 1.54) is 0 Å². The van der Waals surface area contributed by atoms with Crippen LogP contribution in [-0.2, 0) is 11.3 Å². The summed E-state index contributed by atoms with van der Waals surface area (Å²) in [4.78, 5) is 12.5. The Hall–Kier alpha value is -2.94. The Labute approximate surface area is 168 Å². The summed E-state index contributed by atoms with van der Waals surface area (Å²) >= 11 is 5.33. The van der Waals surface area contributed by atoms with E-state index in [0.29, 0.717) is 23.0 Å². The van der Waals surface area contributed by atoms with Gasteiger partial charge in [0.05, 0.1) is 19.3 Å². The number of hydrogen-bond acceptors (Lipinski definition) is 5. The molecule has 0 aliphatic heterocycles. The number of carbonyl (C=O) groups is 1. The predicted octanol–water partition coefficient (Wildman–Crippen LogP) is 3.81. The number of H-pyrrole nitrogens is 1. The number of amides is 1. The molecule has 28 heavy (non-hydrogen) atoms. The largest absolute Gasteiger partial charge is 0.497 e. The molecular formula is C19H24N6O2S. The van der Waals surface area contributed by atoms with E-state index in [1.807, 2.05) is 33.5 Å². The highest BCUT2D eigenvalue weighted by Gasteiger charge is 2.14. The number of hydrogen-bond donors (Lipinski definition) is 2. The summed E-state index contributed by atoms with van der Waals surface area (Å²) in [5, 5.41) is 14.3. The van der Waals surface area contributed by atoms with E-state index in [-0.39, 0.29) is 18.4 Å². The summed E-state index contributed by atoms with van der Waals surface area (Å²) < 4.78 is 9.31. The SMILES string of the molecule is CCC(C)n1nccc1NC(=O)CCn1c(-c2ccc(OC)cc2)n[nH]c1=S. The lowest BCUT2D eigenvalue weighted by Gasteiger charge is -2.14. The van der Waals surface area contributed by atoms with E-state index in [4.69, 9.17) is 17.0 Å². The van der Waals surface area contributed by atoms with Gasteiger partial charge in [-0.15, -0.1) is 0 Å². The van der Waals surface area contributed by atoms with Crippen LogP contribution in [0.5, 0.6) is 5.75 Å². The Morgan fingerprint density at radius 2 is 2.07 bits per heavy atom. The fourth-order valence-electron chi connectivity index (χ4n) is 2.84. The maximum absolute atomic E-state index is 12.5. The molecule has 8 nitrogen and oxygen atoms in total. The zero-order valence-electron chi connectivity index (χ0n) is 16.2. The van der Waals surface area contributed by atoms with Gasteiger partial charge < -0.3 is 10.1 Å². The van der Waals surface area contributed by atoms with Crippen LogP contribution in [0.4, 0.5) is 5.82 Å². The van der Waals surface area contributed by atoms with Crippen molar-refractivity contribution in [2.45, 2.75) is 39.3 Å².